The second kappa shape index (κ2) is 13.4. The molecule has 0 spiro atoms. The molecule has 56 heavy (non-hydrogen) atoms. The molecule has 0 N–H and O–H groups in total. The Kier molecular flexibility index (Phi) is 8.08. The van der Waals surface area contributed by atoms with Crippen LogP contribution >= 0.6 is 0 Å². The van der Waals surface area contributed by atoms with Crippen molar-refractivity contribution in [1.29, 1.82) is 0 Å². The Balaban J connectivity index is 1.10. The minimum Gasteiger partial charge on any atom is -0.310 e. The number of aromatic nitrogens is 1. The Bertz CT molecular complexity index is 3040. The highest BCUT2D eigenvalue weighted by atomic mass is 15.1. The summed E-state index contributed by atoms with van der Waals surface area (Å²) in [7, 11) is 0. The van der Waals surface area contributed by atoms with E-state index in [1.165, 1.54) is 76.9 Å². The van der Waals surface area contributed by atoms with E-state index in [1.54, 1.807) is 0 Å². The van der Waals surface area contributed by atoms with Gasteiger partial charge in [-0.2, -0.15) is 0 Å². The van der Waals surface area contributed by atoms with E-state index in [4.69, 9.17) is 0 Å². The number of para-hydroxylation sites is 1. The van der Waals surface area contributed by atoms with E-state index in [-0.39, 0.29) is 5.41 Å². The van der Waals surface area contributed by atoms with E-state index >= 15 is 0 Å². The topological polar surface area (TPSA) is 8.17 Å². The van der Waals surface area contributed by atoms with Crippen molar-refractivity contribution >= 4 is 66.5 Å². The zero-order valence-corrected chi connectivity index (χ0v) is 31.9. The predicted molar refractivity (Wildman–Crippen MR) is 241 cm³/mol. The van der Waals surface area contributed by atoms with Gasteiger partial charge in [-0.1, -0.05) is 153 Å². The third kappa shape index (κ3) is 5.48. The first-order valence-electron chi connectivity index (χ1n) is 19.6. The van der Waals surface area contributed by atoms with Crippen LogP contribution in [-0.2, 0) is 5.41 Å². The molecule has 1 aromatic heterocycles. The molecule has 0 saturated heterocycles. The molecule has 0 aliphatic heterocycles. The normalized spacial score (nSPS) is 13.7. The molecule has 0 saturated carbocycles. The van der Waals surface area contributed by atoms with Crippen LogP contribution in [-0.4, -0.2) is 4.57 Å². The second-order valence-corrected chi connectivity index (χ2v) is 15.3. The van der Waals surface area contributed by atoms with Crippen LogP contribution in [0.4, 0.5) is 17.1 Å². The van der Waals surface area contributed by atoms with Crippen molar-refractivity contribution < 1.29 is 0 Å². The molecule has 2 heteroatoms. The zero-order valence-electron chi connectivity index (χ0n) is 31.9. The molecule has 8 aromatic carbocycles. The molecule has 268 valence electrons. The summed E-state index contributed by atoms with van der Waals surface area (Å²) < 4.78 is 2.40. The van der Waals surface area contributed by atoms with Crippen molar-refractivity contribution in [1.82, 2.24) is 4.57 Å². The number of nitrogens with zero attached hydrogens (tertiary/aromatic N) is 2. The van der Waals surface area contributed by atoms with Gasteiger partial charge in [0, 0.05) is 38.6 Å². The fourth-order valence-electron chi connectivity index (χ4n) is 8.84. The summed E-state index contributed by atoms with van der Waals surface area (Å²) in [5.41, 5.74) is 13.2. The van der Waals surface area contributed by atoms with E-state index in [1.807, 2.05) is 0 Å². The lowest BCUT2D eigenvalue weighted by atomic mass is 9.81. The van der Waals surface area contributed by atoms with E-state index < -0.39 is 0 Å². The quantitative estimate of drug-likeness (QED) is 0.149. The van der Waals surface area contributed by atoms with Gasteiger partial charge in [0.1, 0.15) is 0 Å². The average Bonchev–Trinajstić information content (AvgIpc) is 3.71. The molecular formula is C54H42N2. The van der Waals surface area contributed by atoms with Gasteiger partial charge in [0.25, 0.3) is 0 Å². The fraction of sp³-hybridized carbons (Fsp3) is 0.0741. The number of hydrogen-bond donors (Lipinski definition) is 0. The first kappa shape index (κ1) is 33.7. The molecule has 0 radical (unpaired) electrons. The maximum atomic E-state index is 2.43. The summed E-state index contributed by atoms with van der Waals surface area (Å²) in [6.45, 7) is 6.73. The molecule has 0 fully saturated rings. The molecule has 0 bridgehead atoms. The first-order valence-corrected chi connectivity index (χ1v) is 19.6. The van der Waals surface area contributed by atoms with Crippen LogP contribution in [0.3, 0.4) is 0 Å². The van der Waals surface area contributed by atoms with Gasteiger partial charge in [0.2, 0.25) is 0 Å². The predicted octanol–water partition coefficient (Wildman–Crippen LogP) is 15.0. The van der Waals surface area contributed by atoms with Crippen LogP contribution in [0.15, 0.2) is 200 Å². The monoisotopic (exact) mass is 718 g/mol. The Morgan fingerprint density at radius 3 is 2.02 bits per heavy atom. The van der Waals surface area contributed by atoms with E-state index in [0.29, 0.717) is 0 Å². The van der Waals surface area contributed by atoms with Crippen LogP contribution in [0.2, 0.25) is 0 Å². The number of allylic oxidation sites excluding steroid dienone is 5. The average molecular weight is 719 g/mol. The van der Waals surface area contributed by atoms with Gasteiger partial charge in [0.15, 0.2) is 0 Å². The van der Waals surface area contributed by atoms with Gasteiger partial charge in [-0.25, -0.2) is 0 Å². The highest BCUT2D eigenvalue weighted by Crippen LogP contribution is 2.47. The van der Waals surface area contributed by atoms with Gasteiger partial charge in [0.05, 0.1) is 16.7 Å². The van der Waals surface area contributed by atoms with Gasteiger partial charge in [-0.15, -0.1) is 0 Å². The Labute approximate surface area is 328 Å². The lowest BCUT2D eigenvalue weighted by Gasteiger charge is -2.29. The highest BCUT2D eigenvalue weighted by molar-refractivity contribution is 6.22. The number of hydrogen-bond acceptors (Lipinski definition) is 1. The van der Waals surface area contributed by atoms with Crippen molar-refractivity contribution in [3.8, 4) is 16.8 Å². The van der Waals surface area contributed by atoms with Crippen LogP contribution in [0.5, 0.6) is 0 Å². The molecule has 0 amide bonds. The summed E-state index contributed by atoms with van der Waals surface area (Å²) in [6, 6.07) is 62.4. The van der Waals surface area contributed by atoms with Crippen molar-refractivity contribution in [3.63, 3.8) is 0 Å². The maximum Gasteiger partial charge on any atom is 0.0547 e. The van der Waals surface area contributed by atoms with Gasteiger partial charge in [-0.05, 0) is 112 Å². The number of anilines is 3. The van der Waals surface area contributed by atoms with Crippen LogP contribution in [0.1, 0.15) is 31.9 Å². The van der Waals surface area contributed by atoms with Crippen LogP contribution in [0, 0.1) is 0 Å². The SMILES string of the molecule is C/C=C\C=C/C1=Cc2ccc(N(c3ccc(-c4ccc5c(c4)c4c6ccccc6ccc4n5-c4ccccc4)cc3)c3cccc4ccccc34)cc2C1(C)C. The van der Waals surface area contributed by atoms with Crippen molar-refractivity contribution in [2.75, 3.05) is 4.90 Å². The largest absolute Gasteiger partial charge is 0.310 e. The summed E-state index contributed by atoms with van der Waals surface area (Å²) in [4.78, 5) is 2.43. The number of benzene rings is 8. The van der Waals surface area contributed by atoms with Crippen molar-refractivity contribution in [2.24, 2.45) is 0 Å². The molecule has 10 rings (SSSR count). The molecular weight excluding hydrogens is 677 g/mol. The Hall–Kier alpha value is -6.90. The lowest BCUT2D eigenvalue weighted by Crippen LogP contribution is -2.17. The van der Waals surface area contributed by atoms with E-state index in [2.05, 4.69) is 230 Å². The van der Waals surface area contributed by atoms with Crippen LogP contribution < -0.4 is 4.90 Å². The molecule has 9 aromatic rings. The van der Waals surface area contributed by atoms with Gasteiger partial charge >= 0.3 is 0 Å². The minimum atomic E-state index is -0.120. The number of rotatable bonds is 7. The zero-order chi connectivity index (χ0) is 37.8. The molecule has 1 aliphatic rings. The minimum absolute atomic E-state index is 0.120. The standard InChI is InChI=1S/C54H42N2/c1-4-5-7-18-42-34-41-26-31-45(36-49(41)54(42,2)3)55(50-23-14-17-38-15-10-12-21-46(38)50)44-29-24-37(25-30-44)40-28-32-51-48(35-40)53-47-22-13-11-16-39(47)27-33-52(53)56(51)43-19-8-6-9-20-43/h4-36H,1-3H3/b5-4-,18-7-. The molecule has 1 heterocycles. The Morgan fingerprint density at radius 1 is 0.536 bits per heavy atom. The molecule has 1 aliphatic carbocycles. The summed E-state index contributed by atoms with van der Waals surface area (Å²) >= 11 is 0. The van der Waals surface area contributed by atoms with Crippen molar-refractivity contribution in [2.45, 2.75) is 26.2 Å². The summed E-state index contributed by atoms with van der Waals surface area (Å²) in [5.74, 6) is 0. The third-order valence-corrected chi connectivity index (χ3v) is 11.7. The highest BCUT2D eigenvalue weighted by Gasteiger charge is 2.32. The molecule has 0 atom stereocenters. The third-order valence-electron chi connectivity index (χ3n) is 11.7. The fourth-order valence-corrected chi connectivity index (χ4v) is 8.84. The first-order chi connectivity index (χ1) is 27.5. The number of fused-ring (bicyclic) bond motifs is 7. The Morgan fingerprint density at radius 2 is 1.21 bits per heavy atom. The van der Waals surface area contributed by atoms with E-state index in [9.17, 15) is 0 Å². The lowest BCUT2D eigenvalue weighted by molar-refractivity contribution is 0.655. The molecule has 2 nitrogen and oxygen atoms in total. The molecule has 0 unspecified atom stereocenters. The smallest absolute Gasteiger partial charge is 0.0547 e. The summed E-state index contributed by atoms with van der Waals surface area (Å²) in [6.07, 6.45) is 10.9. The van der Waals surface area contributed by atoms with Gasteiger partial charge in [-0.3, -0.25) is 0 Å². The van der Waals surface area contributed by atoms with E-state index in [0.717, 1.165) is 17.1 Å². The van der Waals surface area contributed by atoms with Gasteiger partial charge < -0.3 is 9.47 Å². The second-order valence-electron chi connectivity index (χ2n) is 15.3. The maximum absolute atomic E-state index is 2.43. The van der Waals surface area contributed by atoms with Crippen LogP contribution in [0.25, 0.3) is 66.2 Å². The van der Waals surface area contributed by atoms with Crippen molar-refractivity contribution in [3.05, 3.63) is 211 Å². The summed E-state index contributed by atoms with van der Waals surface area (Å²) in [5, 5.41) is 7.52.